The third-order valence-corrected chi connectivity index (χ3v) is 7.75. The summed E-state index contributed by atoms with van der Waals surface area (Å²) in [6.45, 7) is 6.61. The Morgan fingerprint density at radius 3 is 2.25 bits per heavy atom. The topological polar surface area (TPSA) is 174 Å². The van der Waals surface area contributed by atoms with Gasteiger partial charge in [-0.1, -0.05) is 37.2 Å². The number of amides is 2. The Morgan fingerprint density at radius 1 is 1.07 bits per heavy atom. The molecule has 0 spiro atoms. The highest BCUT2D eigenvalue weighted by molar-refractivity contribution is 6.67. The summed E-state index contributed by atoms with van der Waals surface area (Å²) in [5.41, 5.74) is 18.2. The highest BCUT2D eigenvalue weighted by atomic mass is 19.4. The molecule has 2 aromatic rings. The molecular weight excluding hydrogens is 578 g/mol. The fourth-order valence-electron chi connectivity index (χ4n) is 5.39. The van der Waals surface area contributed by atoms with Crippen molar-refractivity contribution in [1.82, 2.24) is 10.2 Å². The Hall–Kier alpha value is -3.30. The van der Waals surface area contributed by atoms with Crippen molar-refractivity contribution in [2.45, 2.75) is 69.9 Å². The molecule has 14 heteroatoms. The van der Waals surface area contributed by atoms with Crippen molar-refractivity contribution in [1.29, 1.82) is 0 Å². The first-order valence-electron chi connectivity index (χ1n) is 14.5. The summed E-state index contributed by atoms with van der Waals surface area (Å²) in [5.74, 6) is -1.68. The predicted molar refractivity (Wildman–Crippen MR) is 161 cm³/mol. The van der Waals surface area contributed by atoms with Crippen LogP contribution in [0.5, 0.6) is 0 Å². The Kier molecular flexibility index (Phi) is 11.7. The predicted octanol–water partition coefficient (Wildman–Crippen LogP) is 0.983. The van der Waals surface area contributed by atoms with E-state index >= 15 is 0 Å². The first-order valence-corrected chi connectivity index (χ1v) is 14.5. The summed E-state index contributed by atoms with van der Waals surface area (Å²) >= 11 is 0. The van der Waals surface area contributed by atoms with Crippen LogP contribution in [0.3, 0.4) is 0 Å². The zero-order valence-corrected chi connectivity index (χ0v) is 25.2. The van der Waals surface area contributed by atoms with Gasteiger partial charge in [-0.3, -0.25) is 14.4 Å². The van der Waals surface area contributed by atoms with Crippen LogP contribution in [-0.4, -0.2) is 72.8 Å². The van der Waals surface area contributed by atoms with E-state index in [0.717, 1.165) is 35.3 Å². The van der Waals surface area contributed by atoms with Crippen LogP contribution in [0.4, 0.5) is 13.2 Å². The average Bonchev–Trinajstić information content (AvgIpc) is 3.20. The minimum atomic E-state index is -4.59. The van der Waals surface area contributed by atoms with Gasteiger partial charge in [0.1, 0.15) is 12.1 Å². The minimum Gasteiger partial charge on any atom is -0.422 e. The molecule has 1 aliphatic heterocycles. The number of ketones is 1. The van der Waals surface area contributed by atoms with Gasteiger partial charge in [0.05, 0.1) is 17.2 Å². The van der Waals surface area contributed by atoms with Gasteiger partial charge in [0.15, 0.2) is 5.78 Å². The first kappa shape index (κ1) is 35.2. The lowest BCUT2D eigenvalue weighted by Crippen LogP contribution is -2.51. The molecule has 0 saturated carbocycles. The van der Waals surface area contributed by atoms with Gasteiger partial charge in [-0.15, -0.1) is 0 Å². The van der Waals surface area contributed by atoms with E-state index in [-0.39, 0.29) is 50.7 Å². The lowest BCUT2D eigenvalue weighted by Gasteiger charge is -2.26. The number of alkyl halides is 3. The van der Waals surface area contributed by atoms with Gasteiger partial charge < -0.3 is 37.2 Å². The maximum absolute atomic E-state index is 13.6. The molecule has 1 heterocycles. The van der Waals surface area contributed by atoms with Gasteiger partial charge in [-0.25, -0.2) is 0 Å². The summed E-state index contributed by atoms with van der Waals surface area (Å²) in [5, 5.41) is 13.6. The van der Waals surface area contributed by atoms with Gasteiger partial charge in [0, 0.05) is 39.0 Å². The standard InChI is InChI=1S/C30H41BF3N5O5/c1-29(2)21-9-4-18(16-22(21)31(3)44-29)17-24(40)26(27(42)19-5-7-20(8-6-19)30(32,33)34)38-28(43)23(37)10-11-25(41)39(14-12-35)15-13-36/h4-9,16,23,26-27,42H,10-15,17,35-37H2,1-3H3,(H,38,43)/t23-,26+,27+/m0/s1. The van der Waals surface area contributed by atoms with Crippen LogP contribution >= 0.6 is 0 Å². The molecule has 0 bridgehead atoms. The SMILES string of the molecule is CB1OC(C)(C)c2ccc(CC(=O)[C@@H](NC(=O)[C@@H](N)CCC(=O)N(CCN)CCN)[C@H](O)c3ccc(C(F)(F)F)cc3)cc21. The number of aliphatic hydroxyl groups is 1. The van der Waals surface area contributed by atoms with Crippen LogP contribution in [0.2, 0.25) is 6.82 Å². The van der Waals surface area contributed by atoms with Gasteiger partial charge in [-0.2, -0.15) is 13.2 Å². The normalized spacial score (nSPS) is 16.2. The highest BCUT2D eigenvalue weighted by Gasteiger charge is 2.38. The Bertz CT molecular complexity index is 1320. The van der Waals surface area contributed by atoms with Crippen LogP contribution in [0.15, 0.2) is 42.5 Å². The molecule has 2 amide bonds. The molecular formula is C30H41BF3N5O5. The number of benzene rings is 2. The Labute approximate surface area is 255 Å². The zero-order valence-electron chi connectivity index (χ0n) is 25.2. The van der Waals surface area contributed by atoms with E-state index in [9.17, 15) is 32.7 Å². The van der Waals surface area contributed by atoms with Crippen LogP contribution in [-0.2, 0) is 37.2 Å². The van der Waals surface area contributed by atoms with Crippen molar-refractivity contribution in [3.05, 3.63) is 64.7 Å². The number of hydrogen-bond acceptors (Lipinski definition) is 8. The van der Waals surface area contributed by atoms with Crippen LogP contribution < -0.4 is 28.0 Å². The number of Topliss-reactive ketones (excluding diaryl/α,β-unsaturated/α-hetero) is 1. The summed E-state index contributed by atoms with van der Waals surface area (Å²) in [6, 6.07) is 6.40. The summed E-state index contributed by atoms with van der Waals surface area (Å²) in [4.78, 5) is 40.7. The van der Waals surface area contributed by atoms with Crippen molar-refractivity contribution in [2.75, 3.05) is 26.2 Å². The molecule has 0 aromatic heterocycles. The second-order valence-electron chi connectivity index (χ2n) is 11.5. The van der Waals surface area contributed by atoms with Crippen molar-refractivity contribution in [3.63, 3.8) is 0 Å². The lowest BCUT2D eigenvalue weighted by molar-refractivity contribution is -0.137. The number of rotatable bonds is 14. The van der Waals surface area contributed by atoms with E-state index in [4.69, 9.17) is 21.9 Å². The van der Waals surface area contributed by atoms with Crippen LogP contribution in [0.25, 0.3) is 0 Å². The number of fused-ring (bicyclic) bond motifs is 1. The van der Waals surface area contributed by atoms with E-state index in [1.165, 1.54) is 4.90 Å². The van der Waals surface area contributed by atoms with Crippen LogP contribution in [0.1, 0.15) is 55.0 Å². The molecule has 2 aromatic carbocycles. The molecule has 8 N–H and O–H groups in total. The summed E-state index contributed by atoms with van der Waals surface area (Å²) in [6.07, 6.45) is -6.61. The van der Waals surface area contributed by atoms with Gasteiger partial charge in [-0.05, 0) is 54.6 Å². The van der Waals surface area contributed by atoms with E-state index < -0.39 is 47.2 Å². The minimum absolute atomic E-state index is 0.00247. The molecule has 0 radical (unpaired) electrons. The zero-order chi connectivity index (χ0) is 32.8. The number of nitrogens with two attached hydrogens (primary N) is 3. The van der Waals surface area contributed by atoms with E-state index in [2.05, 4.69) is 5.32 Å². The lowest BCUT2D eigenvalue weighted by atomic mass is 9.63. The number of carbonyl (C=O) groups excluding carboxylic acids is 3. The fraction of sp³-hybridized carbons (Fsp3) is 0.500. The van der Waals surface area contributed by atoms with Gasteiger partial charge in [0.2, 0.25) is 11.8 Å². The second-order valence-corrected chi connectivity index (χ2v) is 11.5. The number of nitrogens with one attached hydrogen (secondary N) is 1. The second kappa shape index (κ2) is 14.7. The maximum Gasteiger partial charge on any atom is 0.416 e. The third kappa shape index (κ3) is 8.66. The van der Waals surface area contributed by atoms with E-state index in [1.54, 1.807) is 6.07 Å². The molecule has 3 atom stereocenters. The molecule has 1 aliphatic rings. The Balaban J connectivity index is 1.81. The van der Waals surface area contributed by atoms with Gasteiger partial charge in [0.25, 0.3) is 0 Å². The molecule has 0 saturated heterocycles. The largest absolute Gasteiger partial charge is 0.422 e. The van der Waals surface area contributed by atoms with E-state index in [0.29, 0.717) is 18.7 Å². The smallest absolute Gasteiger partial charge is 0.416 e. The number of nitrogens with zero attached hydrogens (tertiary/aromatic N) is 1. The number of hydrogen-bond donors (Lipinski definition) is 5. The number of halogens is 3. The van der Waals surface area contributed by atoms with E-state index in [1.807, 2.05) is 32.8 Å². The third-order valence-electron chi connectivity index (χ3n) is 7.75. The summed E-state index contributed by atoms with van der Waals surface area (Å²) in [7, 11) is 0. The molecule has 0 unspecified atom stereocenters. The highest BCUT2D eigenvalue weighted by Crippen LogP contribution is 2.32. The van der Waals surface area contributed by atoms with Crippen molar-refractivity contribution < 1.29 is 37.3 Å². The number of carbonyl (C=O) groups is 3. The Morgan fingerprint density at radius 2 is 1.68 bits per heavy atom. The first-order chi connectivity index (χ1) is 20.6. The molecule has 0 fully saturated rings. The quantitative estimate of drug-likeness (QED) is 0.195. The molecule has 44 heavy (non-hydrogen) atoms. The van der Waals surface area contributed by atoms with Crippen molar-refractivity contribution in [2.24, 2.45) is 17.2 Å². The molecule has 3 rings (SSSR count). The van der Waals surface area contributed by atoms with Gasteiger partial charge >= 0.3 is 13.1 Å². The molecule has 240 valence electrons. The molecule has 10 nitrogen and oxygen atoms in total. The average molecular weight is 619 g/mol. The summed E-state index contributed by atoms with van der Waals surface area (Å²) < 4.78 is 45.3. The number of aliphatic hydroxyl groups excluding tert-OH is 1. The molecule has 0 aliphatic carbocycles. The van der Waals surface area contributed by atoms with Crippen molar-refractivity contribution >= 4 is 30.0 Å². The van der Waals surface area contributed by atoms with Crippen molar-refractivity contribution in [3.8, 4) is 0 Å². The van der Waals surface area contributed by atoms with Crippen LogP contribution in [0, 0.1) is 0 Å². The fourth-order valence-corrected chi connectivity index (χ4v) is 5.39. The maximum atomic E-state index is 13.6. The monoisotopic (exact) mass is 619 g/mol.